The second-order valence-corrected chi connectivity index (χ2v) is 5.87. The maximum Gasteiger partial charge on any atom is 0.147 e. The Kier molecular flexibility index (Phi) is 3.88. The Balaban J connectivity index is 1.75. The molecule has 1 aliphatic rings. The fraction of sp³-hybridized carbons (Fsp3) is 0.533. The predicted octanol–water partition coefficient (Wildman–Crippen LogP) is 1.60. The molecule has 21 heavy (non-hydrogen) atoms. The molecule has 6 heteroatoms. The van der Waals surface area contributed by atoms with Gasteiger partial charge in [0.05, 0.1) is 24.1 Å². The normalized spacial score (nSPS) is 14.8. The molecule has 2 aromatic heterocycles. The minimum Gasteiger partial charge on any atom is -0.349 e. The van der Waals surface area contributed by atoms with E-state index in [1.54, 1.807) is 12.4 Å². The number of hydrogen-bond acceptors (Lipinski definition) is 5. The minimum absolute atomic E-state index is 0.525. The molecular formula is C15H22N6. The molecule has 0 atom stereocenters. The van der Waals surface area contributed by atoms with E-state index in [9.17, 15) is 0 Å². The number of rotatable bonds is 4. The SMILES string of the molecule is CC(C)N(C)Cc1n[nH]c2c1CCN(c1cnccn1)C2. The largest absolute Gasteiger partial charge is 0.349 e. The van der Waals surface area contributed by atoms with Gasteiger partial charge in [0.25, 0.3) is 0 Å². The van der Waals surface area contributed by atoms with Crippen molar-refractivity contribution >= 4 is 5.82 Å². The van der Waals surface area contributed by atoms with E-state index < -0.39 is 0 Å². The molecule has 0 saturated carbocycles. The van der Waals surface area contributed by atoms with E-state index in [2.05, 4.69) is 50.9 Å². The quantitative estimate of drug-likeness (QED) is 0.925. The smallest absolute Gasteiger partial charge is 0.147 e. The van der Waals surface area contributed by atoms with E-state index >= 15 is 0 Å². The Morgan fingerprint density at radius 3 is 2.95 bits per heavy atom. The molecule has 0 fully saturated rings. The van der Waals surface area contributed by atoms with Gasteiger partial charge in [0.2, 0.25) is 0 Å². The molecule has 2 aromatic rings. The third kappa shape index (κ3) is 2.90. The van der Waals surface area contributed by atoms with Crippen molar-refractivity contribution in [1.82, 2.24) is 25.1 Å². The van der Waals surface area contributed by atoms with Gasteiger partial charge in [-0.15, -0.1) is 0 Å². The van der Waals surface area contributed by atoms with Crippen LogP contribution in [0.2, 0.25) is 0 Å². The topological polar surface area (TPSA) is 60.9 Å². The number of H-pyrrole nitrogens is 1. The summed E-state index contributed by atoms with van der Waals surface area (Å²) in [4.78, 5) is 13.1. The highest BCUT2D eigenvalue weighted by molar-refractivity contribution is 5.41. The second-order valence-electron chi connectivity index (χ2n) is 5.87. The molecule has 0 unspecified atom stereocenters. The monoisotopic (exact) mass is 286 g/mol. The van der Waals surface area contributed by atoms with Crippen LogP contribution in [0.15, 0.2) is 18.6 Å². The van der Waals surface area contributed by atoms with Crippen LogP contribution in [-0.2, 0) is 19.5 Å². The van der Waals surface area contributed by atoms with Crippen LogP contribution in [0.4, 0.5) is 5.82 Å². The molecule has 1 aliphatic heterocycles. The number of nitrogens with zero attached hydrogens (tertiary/aromatic N) is 5. The van der Waals surface area contributed by atoms with Crippen LogP contribution in [0.5, 0.6) is 0 Å². The van der Waals surface area contributed by atoms with Gasteiger partial charge in [0.15, 0.2) is 0 Å². The molecule has 3 rings (SSSR count). The van der Waals surface area contributed by atoms with Crippen LogP contribution in [0.1, 0.15) is 30.8 Å². The van der Waals surface area contributed by atoms with E-state index in [0.717, 1.165) is 31.9 Å². The van der Waals surface area contributed by atoms with Crippen molar-refractivity contribution < 1.29 is 0 Å². The molecule has 1 N–H and O–H groups in total. The molecule has 0 radical (unpaired) electrons. The van der Waals surface area contributed by atoms with Crippen molar-refractivity contribution in [2.24, 2.45) is 0 Å². The van der Waals surface area contributed by atoms with Crippen LogP contribution < -0.4 is 4.90 Å². The van der Waals surface area contributed by atoms with Crippen LogP contribution >= 0.6 is 0 Å². The number of aromatic nitrogens is 4. The molecule has 0 spiro atoms. The van der Waals surface area contributed by atoms with Crippen molar-refractivity contribution in [3.8, 4) is 0 Å². The third-order valence-corrected chi connectivity index (χ3v) is 4.17. The summed E-state index contributed by atoms with van der Waals surface area (Å²) in [5.74, 6) is 0.929. The van der Waals surface area contributed by atoms with Gasteiger partial charge in [-0.2, -0.15) is 5.10 Å². The first-order valence-corrected chi connectivity index (χ1v) is 7.41. The second kappa shape index (κ2) is 5.81. The summed E-state index contributed by atoms with van der Waals surface area (Å²) >= 11 is 0. The van der Waals surface area contributed by atoms with Crippen molar-refractivity contribution in [2.45, 2.75) is 39.4 Å². The minimum atomic E-state index is 0.525. The number of nitrogens with one attached hydrogen (secondary N) is 1. The lowest BCUT2D eigenvalue weighted by molar-refractivity contribution is 0.262. The zero-order valence-corrected chi connectivity index (χ0v) is 12.9. The van der Waals surface area contributed by atoms with Crippen molar-refractivity contribution in [1.29, 1.82) is 0 Å². The first-order chi connectivity index (χ1) is 10.1. The maximum atomic E-state index is 4.52. The fourth-order valence-corrected chi connectivity index (χ4v) is 2.59. The lowest BCUT2D eigenvalue weighted by Crippen LogP contribution is -2.32. The zero-order chi connectivity index (χ0) is 14.8. The third-order valence-electron chi connectivity index (χ3n) is 4.17. The summed E-state index contributed by atoms with van der Waals surface area (Å²) in [5.41, 5.74) is 3.77. The van der Waals surface area contributed by atoms with E-state index in [4.69, 9.17) is 0 Å². The van der Waals surface area contributed by atoms with Gasteiger partial charge >= 0.3 is 0 Å². The molecule has 3 heterocycles. The summed E-state index contributed by atoms with van der Waals surface area (Å²) in [7, 11) is 2.14. The van der Waals surface area contributed by atoms with Gasteiger partial charge in [-0.1, -0.05) is 0 Å². The Bertz CT molecular complexity index is 591. The van der Waals surface area contributed by atoms with Crippen molar-refractivity contribution in [2.75, 3.05) is 18.5 Å². The predicted molar refractivity (Wildman–Crippen MR) is 82.0 cm³/mol. The fourth-order valence-electron chi connectivity index (χ4n) is 2.59. The molecule has 112 valence electrons. The maximum absolute atomic E-state index is 4.52. The number of fused-ring (bicyclic) bond motifs is 1. The Hall–Kier alpha value is -1.95. The first kappa shape index (κ1) is 14.0. The molecular weight excluding hydrogens is 264 g/mol. The summed E-state index contributed by atoms with van der Waals surface area (Å²) in [6.45, 7) is 7.09. The van der Waals surface area contributed by atoms with Crippen LogP contribution in [-0.4, -0.2) is 44.7 Å². The van der Waals surface area contributed by atoms with Crippen LogP contribution in [0, 0.1) is 0 Å². The standard InChI is InChI=1S/C15H22N6/c1-11(2)20(3)9-13-12-4-7-21(10-14(12)19-18-13)15-8-16-5-6-17-15/h5-6,8,11H,4,7,9-10H2,1-3H3,(H,18,19). The van der Waals surface area contributed by atoms with Crippen molar-refractivity contribution in [3.05, 3.63) is 35.5 Å². The van der Waals surface area contributed by atoms with E-state index in [0.29, 0.717) is 6.04 Å². The summed E-state index contributed by atoms with van der Waals surface area (Å²) < 4.78 is 0. The molecule has 0 saturated heterocycles. The van der Waals surface area contributed by atoms with Gasteiger partial charge in [-0.25, -0.2) is 4.98 Å². The van der Waals surface area contributed by atoms with E-state index in [1.807, 2.05) is 6.20 Å². The Morgan fingerprint density at radius 1 is 1.38 bits per heavy atom. The van der Waals surface area contributed by atoms with Gasteiger partial charge in [0.1, 0.15) is 5.82 Å². The highest BCUT2D eigenvalue weighted by atomic mass is 15.2. The lowest BCUT2D eigenvalue weighted by Gasteiger charge is -2.28. The summed E-state index contributed by atoms with van der Waals surface area (Å²) in [5, 5.41) is 7.72. The molecule has 0 bridgehead atoms. The zero-order valence-electron chi connectivity index (χ0n) is 12.9. The average molecular weight is 286 g/mol. The van der Waals surface area contributed by atoms with E-state index in [1.165, 1.54) is 17.0 Å². The summed E-state index contributed by atoms with van der Waals surface area (Å²) in [6.07, 6.45) is 6.26. The highest BCUT2D eigenvalue weighted by Gasteiger charge is 2.23. The Labute approximate surface area is 125 Å². The van der Waals surface area contributed by atoms with Crippen LogP contribution in [0.25, 0.3) is 0 Å². The van der Waals surface area contributed by atoms with Gasteiger partial charge in [-0.05, 0) is 27.3 Å². The number of anilines is 1. The van der Waals surface area contributed by atoms with Gasteiger partial charge in [-0.3, -0.25) is 15.0 Å². The number of aromatic amines is 1. The molecule has 0 amide bonds. The molecule has 0 aromatic carbocycles. The Morgan fingerprint density at radius 2 is 2.24 bits per heavy atom. The first-order valence-electron chi connectivity index (χ1n) is 7.41. The van der Waals surface area contributed by atoms with Crippen molar-refractivity contribution in [3.63, 3.8) is 0 Å². The van der Waals surface area contributed by atoms with Gasteiger partial charge < -0.3 is 4.90 Å². The molecule has 6 nitrogen and oxygen atoms in total. The lowest BCUT2D eigenvalue weighted by atomic mass is 10.0. The summed E-state index contributed by atoms with van der Waals surface area (Å²) in [6, 6.07) is 0.525. The highest BCUT2D eigenvalue weighted by Crippen LogP contribution is 2.24. The average Bonchev–Trinajstić information content (AvgIpc) is 2.90. The number of hydrogen-bond donors (Lipinski definition) is 1. The molecule has 0 aliphatic carbocycles. The van der Waals surface area contributed by atoms with E-state index in [-0.39, 0.29) is 0 Å². The van der Waals surface area contributed by atoms with Gasteiger partial charge in [0, 0.05) is 37.1 Å². The van der Waals surface area contributed by atoms with Crippen LogP contribution in [0.3, 0.4) is 0 Å².